The number of hydrogen-bond acceptors (Lipinski definition) is 2. The van der Waals surface area contributed by atoms with Gasteiger partial charge in [-0.15, -0.1) is 0 Å². The number of nitrogens with zero attached hydrogens (tertiary/aromatic N) is 1. The minimum absolute atomic E-state index is 0.342. The number of ketones is 1. The summed E-state index contributed by atoms with van der Waals surface area (Å²) in [6, 6.07) is 0.866. The van der Waals surface area contributed by atoms with Crippen LogP contribution in [0.5, 0.6) is 0 Å². The monoisotopic (exact) mass is 209 g/mol. The molecule has 0 bridgehead atoms. The van der Waals surface area contributed by atoms with E-state index < -0.39 is 0 Å². The van der Waals surface area contributed by atoms with Crippen LogP contribution in [0.1, 0.15) is 51.9 Å². The molecule has 1 aliphatic heterocycles. The van der Waals surface area contributed by atoms with Crippen molar-refractivity contribution in [3.63, 3.8) is 0 Å². The van der Waals surface area contributed by atoms with E-state index in [-0.39, 0.29) is 0 Å². The highest BCUT2D eigenvalue weighted by atomic mass is 16.1. The van der Waals surface area contributed by atoms with Crippen LogP contribution in [-0.2, 0) is 4.79 Å². The number of carbonyl (C=O) groups excluding carboxylic acids is 1. The van der Waals surface area contributed by atoms with Crippen LogP contribution in [0.2, 0.25) is 0 Å². The molecular weight excluding hydrogens is 186 g/mol. The molecule has 2 aliphatic rings. The number of hydrogen-bond donors (Lipinski definition) is 0. The molecule has 2 unspecified atom stereocenters. The zero-order valence-corrected chi connectivity index (χ0v) is 9.87. The Balaban J connectivity index is 1.75. The first-order valence-electron chi connectivity index (χ1n) is 6.51. The van der Waals surface area contributed by atoms with Crippen molar-refractivity contribution < 1.29 is 4.79 Å². The van der Waals surface area contributed by atoms with Gasteiger partial charge in [0.15, 0.2) is 0 Å². The Bertz CT molecular complexity index is 227. The Morgan fingerprint density at radius 3 is 2.87 bits per heavy atom. The maximum Gasteiger partial charge on any atom is 0.129 e. The van der Waals surface area contributed by atoms with Gasteiger partial charge in [0.1, 0.15) is 5.78 Å². The SMILES string of the molecule is CC(=O)CCCN1CCC2CCCCC21. The largest absolute Gasteiger partial charge is 0.300 e. The topological polar surface area (TPSA) is 20.3 Å². The molecule has 2 rings (SSSR count). The molecule has 0 spiro atoms. The molecule has 0 aromatic heterocycles. The van der Waals surface area contributed by atoms with E-state index in [0.717, 1.165) is 31.3 Å². The second-order valence-electron chi connectivity index (χ2n) is 5.24. The van der Waals surface area contributed by atoms with E-state index in [0.29, 0.717) is 5.78 Å². The molecule has 0 aromatic rings. The molecule has 1 saturated heterocycles. The lowest BCUT2D eigenvalue weighted by atomic mass is 9.85. The molecular formula is C13H23NO. The molecule has 86 valence electrons. The number of Topliss-reactive ketones (excluding diaryl/α,β-unsaturated/α-hetero) is 1. The van der Waals surface area contributed by atoms with E-state index >= 15 is 0 Å². The van der Waals surface area contributed by atoms with Crippen molar-refractivity contribution in [2.75, 3.05) is 13.1 Å². The van der Waals surface area contributed by atoms with E-state index in [1.807, 2.05) is 0 Å². The Kier molecular flexibility index (Phi) is 3.79. The summed E-state index contributed by atoms with van der Waals surface area (Å²) in [6.45, 7) is 4.14. The fraction of sp³-hybridized carbons (Fsp3) is 0.923. The lowest BCUT2D eigenvalue weighted by Gasteiger charge is -2.31. The lowest BCUT2D eigenvalue weighted by molar-refractivity contribution is -0.117. The third-order valence-corrected chi connectivity index (χ3v) is 4.10. The first-order valence-corrected chi connectivity index (χ1v) is 6.51. The Morgan fingerprint density at radius 2 is 2.07 bits per heavy atom. The van der Waals surface area contributed by atoms with Gasteiger partial charge in [-0.2, -0.15) is 0 Å². The molecule has 0 radical (unpaired) electrons. The lowest BCUT2D eigenvalue weighted by Crippen LogP contribution is -2.35. The van der Waals surface area contributed by atoms with Crippen LogP contribution in [0, 0.1) is 5.92 Å². The van der Waals surface area contributed by atoms with Gasteiger partial charge in [0.05, 0.1) is 0 Å². The predicted molar refractivity (Wildman–Crippen MR) is 61.9 cm³/mol. The van der Waals surface area contributed by atoms with Crippen LogP contribution in [0.4, 0.5) is 0 Å². The summed E-state index contributed by atoms with van der Waals surface area (Å²) in [4.78, 5) is 13.5. The van der Waals surface area contributed by atoms with Gasteiger partial charge in [0.25, 0.3) is 0 Å². The molecule has 2 fully saturated rings. The van der Waals surface area contributed by atoms with Gasteiger partial charge >= 0.3 is 0 Å². The highest BCUT2D eigenvalue weighted by Crippen LogP contribution is 2.36. The zero-order valence-electron chi connectivity index (χ0n) is 9.87. The average Bonchev–Trinajstić information content (AvgIpc) is 2.62. The maximum absolute atomic E-state index is 10.9. The standard InChI is InChI=1S/C13H23NO/c1-11(15)5-4-9-14-10-8-12-6-2-3-7-13(12)14/h12-13H,2-10H2,1H3. The van der Waals surface area contributed by atoms with E-state index in [1.54, 1.807) is 6.92 Å². The maximum atomic E-state index is 10.9. The van der Waals surface area contributed by atoms with Crippen molar-refractivity contribution >= 4 is 5.78 Å². The molecule has 0 amide bonds. The number of carbonyl (C=O) groups is 1. The minimum Gasteiger partial charge on any atom is -0.300 e. The van der Waals surface area contributed by atoms with Crippen molar-refractivity contribution in [3.8, 4) is 0 Å². The van der Waals surface area contributed by atoms with Gasteiger partial charge in [0, 0.05) is 12.5 Å². The average molecular weight is 209 g/mol. The van der Waals surface area contributed by atoms with E-state index in [1.165, 1.54) is 38.6 Å². The van der Waals surface area contributed by atoms with Crippen molar-refractivity contribution in [2.45, 2.75) is 57.9 Å². The first kappa shape index (κ1) is 11.1. The smallest absolute Gasteiger partial charge is 0.129 e. The van der Waals surface area contributed by atoms with Crippen molar-refractivity contribution in [1.82, 2.24) is 4.90 Å². The minimum atomic E-state index is 0.342. The summed E-state index contributed by atoms with van der Waals surface area (Å²) in [5.41, 5.74) is 0. The second-order valence-corrected chi connectivity index (χ2v) is 5.24. The van der Waals surface area contributed by atoms with Gasteiger partial charge in [-0.25, -0.2) is 0 Å². The molecule has 0 aromatic carbocycles. The normalized spacial score (nSPS) is 31.5. The molecule has 1 heterocycles. The third-order valence-electron chi connectivity index (χ3n) is 4.10. The summed E-state index contributed by atoms with van der Waals surface area (Å²) < 4.78 is 0. The summed E-state index contributed by atoms with van der Waals surface area (Å²) in [6.07, 6.45) is 8.97. The van der Waals surface area contributed by atoms with Crippen LogP contribution in [0.3, 0.4) is 0 Å². The number of fused-ring (bicyclic) bond motifs is 1. The van der Waals surface area contributed by atoms with Crippen LogP contribution in [-0.4, -0.2) is 29.8 Å². The Labute approximate surface area is 93.0 Å². The fourth-order valence-electron chi connectivity index (χ4n) is 3.31. The van der Waals surface area contributed by atoms with Gasteiger partial charge in [-0.05, 0) is 51.6 Å². The van der Waals surface area contributed by atoms with Crippen LogP contribution in [0.25, 0.3) is 0 Å². The van der Waals surface area contributed by atoms with E-state index in [9.17, 15) is 4.79 Å². The molecule has 15 heavy (non-hydrogen) atoms. The molecule has 2 atom stereocenters. The highest BCUT2D eigenvalue weighted by Gasteiger charge is 2.34. The number of rotatable bonds is 4. The molecule has 0 N–H and O–H groups in total. The predicted octanol–water partition coefficient (Wildman–Crippen LogP) is 2.62. The van der Waals surface area contributed by atoms with E-state index in [4.69, 9.17) is 0 Å². The quantitative estimate of drug-likeness (QED) is 0.709. The van der Waals surface area contributed by atoms with Gasteiger partial charge in [-0.3, -0.25) is 0 Å². The van der Waals surface area contributed by atoms with Gasteiger partial charge in [-0.1, -0.05) is 12.8 Å². The first-order chi connectivity index (χ1) is 7.27. The highest BCUT2D eigenvalue weighted by molar-refractivity contribution is 5.75. The molecule has 1 saturated carbocycles. The van der Waals surface area contributed by atoms with Gasteiger partial charge in [0.2, 0.25) is 0 Å². The second kappa shape index (κ2) is 5.11. The van der Waals surface area contributed by atoms with Crippen LogP contribution >= 0.6 is 0 Å². The number of likely N-dealkylation sites (tertiary alicyclic amines) is 1. The van der Waals surface area contributed by atoms with Crippen molar-refractivity contribution in [1.29, 1.82) is 0 Å². The summed E-state index contributed by atoms with van der Waals surface area (Å²) in [5.74, 6) is 1.32. The van der Waals surface area contributed by atoms with Crippen LogP contribution in [0.15, 0.2) is 0 Å². The van der Waals surface area contributed by atoms with Crippen LogP contribution < -0.4 is 0 Å². The molecule has 2 nitrogen and oxygen atoms in total. The Morgan fingerprint density at radius 1 is 1.27 bits per heavy atom. The summed E-state index contributed by atoms with van der Waals surface area (Å²) in [5, 5.41) is 0. The molecule has 2 heteroatoms. The van der Waals surface area contributed by atoms with E-state index in [2.05, 4.69) is 4.90 Å². The fourth-order valence-corrected chi connectivity index (χ4v) is 3.31. The van der Waals surface area contributed by atoms with Gasteiger partial charge < -0.3 is 9.69 Å². The summed E-state index contributed by atoms with van der Waals surface area (Å²) in [7, 11) is 0. The summed E-state index contributed by atoms with van der Waals surface area (Å²) >= 11 is 0. The van der Waals surface area contributed by atoms with Crippen molar-refractivity contribution in [2.24, 2.45) is 5.92 Å². The third kappa shape index (κ3) is 2.81. The zero-order chi connectivity index (χ0) is 10.7. The Hall–Kier alpha value is -0.370. The molecule has 1 aliphatic carbocycles. The van der Waals surface area contributed by atoms with Crippen molar-refractivity contribution in [3.05, 3.63) is 0 Å².